The third-order valence-corrected chi connectivity index (χ3v) is 2.52. The Kier molecular flexibility index (Phi) is 2.92. The van der Waals surface area contributed by atoms with Crippen molar-refractivity contribution in [2.24, 2.45) is 5.73 Å². The third-order valence-electron chi connectivity index (χ3n) is 2.52. The lowest BCUT2D eigenvalue weighted by Gasteiger charge is -2.01. The fourth-order valence-electron chi connectivity index (χ4n) is 1.60. The summed E-state index contributed by atoms with van der Waals surface area (Å²) in [5.74, 6) is 0.318. The van der Waals surface area contributed by atoms with Crippen LogP contribution < -0.4 is 5.73 Å². The average Bonchev–Trinajstić information content (AvgIpc) is 2.71. The summed E-state index contributed by atoms with van der Waals surface area (Å²) in [6.07, 6.45) is 3.76. The molecule has 0 saturated carbocycles. The Hall–Kier alpha value is -1.81. The number of hydrogen-bond acceptors (Lipinski definition) is 3. The second kappa shape index (κ2) is 4.37. The second-order valence-corrected chi connectivity index (χ2v) is 3.78. The maximum Gasteiger partial charge on any atom is 0.118 e. The highest BCUT2D eigenvalue weighted by molar-refractivity contribution is 5.64. The zero-order valence-electron chi connectivity index (χ0n) is 9.22. The van der Waals surface area contributed by atoms with Gasteiger partial charge in [0.25, 0.3) is 0 Å². The first-order chi connectivity index (χ1) is 7.70. The van der Waals surface area contributed by atoms with Gasteiger partial charge < -0.3 is 10.8 Å². The van der Waals surface area contributed by atoms with E-state index in [2.05, 4.69) is 5.10 Å². The van der Waals surface area contributed by atoms with Crippen molar-refractivity contribution >= 4 is 0 Å². The van der Waals surface area contributed by atoms with Crippen molar-refractivity contribution < 1.29 is 5.11 Å². The molecular weight excluding hydrogens is 202 g/mol. The van der Waals surface area contributed by atoms with Gasteiger partial charge >= 0.3 is 0 Å². The van der Waals surface area contributed by atoms with Gasteiger partial charge in [-0.3, -0.25) is 4.68 Å². The lowest BCUT2D eigenvalue weighted by molar-refractivity contribution is 0.471. The Labute approximate surface area is 94.3 Å². The summed E-state index contributed by atoms with van der Waals surface area (Å²) in [4.78, 5) is 0. The summed E-state index contributed by atoms with van der Waals surface area (Å²) in [6.45, 7) is 3.18. The van der Waals surface area contributed by atoms with Gasteiger partial charge in [0.2, 0.25) is 0 Å². The standard InChI is InChI=1S/C12H15N3O/c1-9-6-10(2-3-12(9)16)11-7-14-15(8-11)5-4-13/h2-3,6-8,16H,4-5,13H2,1H3. The molecule has 16 heavy (non-hydrogen) atoms. The number of aromatic hydroxyl groups is 1. The predicted molar refractivity (Wildman–Crippen MR) is 63.1 cm³/mol. The number of nitrogens with two attached hydrogens (primary N) is 1. The summed E-state index contributed by atoms with van der Waals surface area (Å²) in [5, 5.41) is 13.7. The van der Waals surface area contributed by atoms with Gasteiger partial charge in [0, 0.05) is 18.3 Å². The molecule has 84 valence electrons. The maximum atomic E-state index is 9.44. The largest absolute Gasteiger partial charge is 0.508 e. The minimum absolute atomic E-state index is 0.318. The van der Waals surface area contributed by atoms with E-state index in [4.69, 9.17) is 5.73 Å². The van der Waals surface area contributed by atoms with Crippen LogP contribution in [0.4, 0.5) is 0 Å². The van der Waals surface area contributed by atoms with E-state index in [1.807, 2.05) is 36.1 Å². The van der Waals surface area contributed by atoms with E-state index in [-0.39, 0.29) is 0 Å². The van der Waals surface area contributed by atoms with Crippen LogP contribution in [-0.2, 0) is 6.54 Å². The number of phenolic OH excluding ortho intramolecular Hbond substituents is 1. The van der Waals surface area contributed by atoms with Gasteiger partial charge in [-0.25, -0.2) is 0 Å². The lowest BCUT2D eigenvalue weighted by Crippen LogP contribution is -2.09. The van der Waals surface area contributed by atoms with Crippen LogP contribution in [0.3, 0.4) is 0 Å². The maximum absolute atomic E-state index is 9.44. The van der Waals surface area contributed by atoms with Crippen LogP contribution in [0.15, 0.2) is 30.6 Å². The number of benzene rings is 1. The smallest absolute Gasteiger partial charge is 0.118 e. The molecule has 0 aliphatic carbocycles. The number of aromatic nitrogens is 2. The minimum atomic E-state index is 0.318. The first-order valence-corrected chi connectivity index (χ1v) is 5.23. The van der Waals surface area contributed by atoms with Gasteiger partial charge in [0.15, 0.2) is 0 Å². The van der Waals surface area contributed by atoms with Crippen molar-refractivity contribution in [3.8, 4) is 16.9 Å². The molecule has 0 aliphatic heterocycles. The van der Waals surface area contributed by atoms with Gasteiger partial charge in [-0.05, 0) is 30.2 Å². The first kappa shape index (κ1) is 10.7. The molecule has 0 atom stereocenters. The van der Waals surface area contributed by atoms with Crippen LogP contribution in [0.25, 0.3) is 11.1 Å². The average molecular weight is 217 g/mol. The van der Waals surface area contributed by atoms with Crippen LogP contribution in [0.5, 0.6) is 5.75 Å². The molecule has 2 rings (SSSR count). The van der Waals surface area contributed by atoms with Gasteiger partial charge in [-0.2, -0.15) is 5.10 Å². The Morgan fingerprint density at radius 2 is 2.19 bits per heavy atom. The molecule has 0 amide bonds. The molecule has 3 N–H and O–H groups in total. The summed E-state index contributed by atoms with van der Waals surface area (Å²) < 4.78 is 1.82. The summed E-state index contributed by atoms with van der Waals surface area (Å²) in [6, 6.07) is 5.52. The van der Waals surface area contributed by atoms with E-state index in [9.17, 15) is 5.11 Å². The summed E-state index contributed by atoms with van der Waals surface area (Å²) >= 11 is 0. The zero-order chi connectivity index (χ0) is 11.5. The zero-order valence-corrected chi connectivity index (χ0v) is 9.22. The molecule has 0 radical (unpaired) electrons. The van der Waals surface area contributed by atoms with Gasteiger partial charge in [-0.15, -0.1) is 0 Å². The molecule has 0 unspecified atom stereocenters. The number of phenols is 1. The van der Waals surface area contributed by atoms with Crippen LogP contribution in [0, 0.1) is 6.92 Å². The molecule has 2 aromatic rings. The van der Waals surface area contributed by atoms with Crippen LogP contribution >= 0.6 is 0 Å². The number of nitrogens with zero attached hydrogens (tertiary/aromatic N) is 2. The molecule has 1 aromatic heterocycles. The second-order valence-electron chi connectivity index (χ2n) is 3.78. The highest BCUT2D eigenvalue weighted by Gasteiger charge is 2.03. The van der Waals surface area contributed by atoms with Crippen LogP contribution in [-0.4, -0.2) is 21.4 Å². The molecule has 4 nitrogen and oxygen atoms in total. The Bertz CT molecular complexity index is 491. The van der Waals surface area contributed by atoms with Crippen molar-refractivity contribution in [2.45, 2.75) is 13.5 Å². The van der Waals surface area contributed by atoms with E-state index in [1.165, 1.54) is 0 Å². The van der Waals surface area contributed by atoms with Crippen molar-refractivity contribution in [1.82, 2.24) is 9.78 Å². The highest BCUT2D eigenvalue weighted by Crippen LogP contribution is 2.24. The van der Waals surface area contributed by atoms with Crippen molar-refractivity contribution in [1.29, 1.82) is 0 Å². The number of hydrogen-bond donors (Lipinski definition) is 2. The quantitative estimate of drug-likeness (QED) is 0.819. The van der Waals surface area contributed by atoms with E-state index in [0.717, 1.165) is 23.2 Å². The molecular formula is C12H15N3O. The number of rotatable bonds is 3. The minimum Gasteiger partial charge on any atom is -0.508 e. The summed E-state index contributed by atoms with van der Waals surface area (Å²) in [5.41, 5.74) is 8.42. The number of aryl methyl sites for hydroxylation is 1. The first-order valence-electron chi connectivity index (χ1n) is 5.23. The topological polar surface area (TPSA) is 64.1 Å². The van der Waals surface area contributed by atoms with E-state index in [0.29, 0.717) is 12.3 Å². The molecule has 1 heterocycles. The highest BCUT2D eigenvalue weighted by atomic mass is 16.3. The molecule has 0 spiro atoms. The lowest BCUT2D eigenvalue weighted by atomic mass is 10.1. The van der Waals surface area contributed by atoms with E-state index in [1.54, 1.807) is 6.07 Å². The normalized spacial score (nSPS) is 10.6. The van der Waals surface area contributed by atoms with Crippen molar-refractivity contribution in [3.05, 3.63) is 36.2 Å². The molecule has 1 aromatic carbocycles. The SMILES string of the molecule is Cc1cc(-c2cnn(CCN)c2)ccc1O. The fourth-order valence-corrected chi connectivity index (χ4v) is 1.60. The molecule has 0 bridgehead atoms. The third kappa shape index (κ3) is 2.06. The predicted octanol–water partition coefficient (Wildman–Crippen LogP) is 1.52. The fraction of sp³-hybridized carbons (Fsp3) is 0.250. The van der Waals surface area contributed by atoms with Crippen molar-refractivity contribution in [3.63, 3.8) is 0 Å². The van der Waals surface area contributed by atoms with Crippen molar-refractivity contribution in [2.75, 3.05) is 6.54 Å². The van der Waals surface area contributed by atoms with Gasteiger partial charge in [0.05, 0.1) is 12.7 Å². The van der Waals surface area contributed by atoms with Gasteiger partial charge in [0.1, 0.15) is 5.75 Å². The van der Waals surface area contributed by atoms with Gasteiger partial charge in [-0.1, -0.05) is 6.07 Å². The Morgan fingerprint density at radius 1 is 1.38 bits per heavy atom. The molecule has 0 aliphatic rings. The summed E-state index contributed by atoms with van der Waals surface area (Å²) in [7, 11) is 0. The Morgan fingerprint density at radius 3 is 2.88 bits per heavy atom. The van der Waals surface area contributed by atoms with E-state index >= 15 is 0 Å². The Balaban J connectivity index is 2.31. The monoisotopic (exact) mass is 217 g/mol. The molecule has 4 heteroatoms. The molecule has 0 saturated heterocycles. The molecule has 0 fully saturated rings. The van der Waals surface area contributed by atoms with Crippen LogP contribution in [0.1, 0.15) is 5.56 Å². The van der Waals surface area contributed by atoms with E-state index < -0.39 is 0 Å². The van der Waals surface area contributed by atoms with Crippen LogP contribution in [0.2, 0.25) is 0 Å².